The summed E-state index contributed by atoms with van der Waals surface area (Å²) in [6, 6.07) is 14.4. The number of rotatable bonds is 3. The number of anilines is 1. The Bertz CT molecular complexity index is 682. The van der Waals surface area contributed by atoms with Crippen LogP contribution in [0.3, 0.4) is 0 Å². The van der Waals surface area contributed by atoms with Crippen LogP contribution in [0, 0.1) is 0 Å². The van der Waals surface area contributed by atoms with Crippen LogP contribution in [-0.2, 0) is 9.05 Å². The fraction of sp³-hybridized carbons (Fsp3) is 0. The van der Waals surface area contributed by atoms with Crippen molar-refractivity contribution in [3.05, 3.63) is 60.2 Å². The third-order valence-electron chi connectivity index (χ3n) is 2.43. The molecule has 1 N–H and O–H groups in total. The molecule has 0 aliphatic heterocycles. The highest BCUT2D eigenvalue weighted by Crippen LogP contribution is 2.16. The first kappa shape index (κ1) is 13.6. The molecule has 2 aromatic carbocycles. The Balaban J connectivity index is 2.17. The van der Waals surface area contributed by atoms with Gasteiger partial charge in [-0.3, -0.25) is 4.79 Å². The average Bonchev–Trinajstić information content (AvgIpc) is 2.39. The highest BCUT2D eigenvalue weighted by atomic mass is 35.7. The van der Waals surface area contributed by atoms with Crippen LogP contribution in [0.1, 0.15) is 10.4 Å². The van der Waals surface area contributed by atoms with Crippen molar-refractivity contribution in [3.63, 3.8) is 0 Å². The predicted molar refractivity (Wildman–Crippen MR) is 73.9 cm³/mol. The summed E-state index contributed by atoms with van der Waals surface area (Å²) in [5.74, 6) is -0.315. The molecule has 0 heterocycles. The Kier molecular flexibility index (Phi) is 3.87. The summed E-state index contributed by atoms with van der Waals surface area (Å²) in [4.78, 5) is 11.8. The summed E-state index contributed by atoms with van der Waals surface area (Å²) < 4.78 is 22.1. The van der Waals surface area contributed by atoms with Crippen molar-refractivity contribution in [2.45, 2.75) is 4.90 Å². The molecule has 0 saturated heterocycles. The number of para-hydroxylation sites is 1. The molecule has 0 bridgehead atoms. The molecular weight excluding hydrogens is 286 g/mol. The number of nitrogens with one attached hydrogen (secondary N) is 1. The van der Waals surface area contributed by atoms with Gasteiger partial charge < -0.3 is 5.32 Å². The fourth-order valence-corrected chi connectivity index (χ4v) is 2.26. The molecule has 0 aliphatic rings. The summed E-state index contributed by atoms with van der Waals surface area (Å²) in [7, 11) is 1.43. The van der Waals surface area contributed by atoms with Gasteiger partial charge in [0.25, 0.3) is 15.0 Å². The van der Waals surface area contributed by atoms with Gasteiger partial charge in [-0.15, -0.1) is 0 Å². The van der Waals surface area contributed by atoms with E-state index in [9.17, 15) is 13.2 Å². The molecule has 0 radical (unpaired) electrons. The van der Waals surface area contributed by atoms with Gasteiger partial charge in [0.2, 0.25) is 0 Å². The van der Waals surface area contributed by atoms with Gasteiger partial charge in [-0.25, -0.2) is 8.42 Å². The van der Waals surface area contributed by atoms with Crippen molar-refractivity contribution in [3.8, 4) is 0 Å². The van der Waals surface area contributed by atoms with Crippen molar-refractivity contribution in [1.82, 2.24) is 0 Å². The van der Waals surface area contributed by atoms with E-state index in [1.54, 1.807) is 24.3 Å². The Hall–Kier alpha value is -1.85. The molecule has 0 atom stereocenters. The van der Waals surface area contributed by atoms with E-state index in [2.05, 4.69) is 5.32 Å². The molecule has 2 rings (SSSR count). The van der Waals surface area contributed by atoms with Gasteiger partial charge >= 0.3 is 0 Å². The third-order valence-corrected chi connectivity index (χ3v) is 3.80. The van der Waals surface area contributed by atoms with E-state index in [4.69, 9.17) is 10.7 Å². The van der Waals surface area contributed by atoms with E-state index in [0.29, 0.717) is 11.3 Å². The first-order chi connectivity index (χ1) is 8.97. The van der Waals surface area contributed by atoms with Crippen LogP contribution in [0.25, 0.3) is 0 Å². The summed E-state index contributed by atoms with van der Waals surface area (Å²) >= 11 is 0. The lowest BCUT2D eigenvalue weighted by Gasteiger charge is -2.05. The van der Waals surface area contributed by atoms with Gasteiger partial charge in [0, 0.05) is 21.9 Å². The Morgan fingerprint density at radius 2 is 1.53 bits per heavy atom. The van der Waals surface area contributed by atoms with Gasteiger partial charge in [-0.1, -0.05) is 18.2 Å². The van der Waals surface area contributed by atoms with E-state index >= 15 is 0 Å². The van der Waals surface area contributed by atoms with Gasteiger partial charge in [-0.05, 0) is 36.4 Å². The highest BCUT2D eigenvalue weighted by molar-refractivity contribution is 8.13. The molecule has 1 amide bonds. The maximum atomic E-state index is 11.9. The van der Waals surface area contributed by atoms with Crippen molar-refractivity contribution in [2.75, 3.05) is 5.32 Å². The van der Waals surface area contributed by atoms with Gasteiger partial charge in [0.1, 0.15) is 0 Å². The number of benzene rings is 2. The molecule has 4 nitrogen and oxygen atoms in total. The minimum absolute atomic E-state index is 0.0366. The van der Waals surface area contributed by atoms with E-state index < -0.39 is 9.05 Å². The number of carbonyl (C=O) groups excluding carboxylic acids is 1. The van der Waals surface area contributed by atoms with Crippen LogP contribution in [0.4, 0.5) is 5.69 Å². The number of hydrogen-bond donors (Lipinski definition) is 1. The molecule has 98 valence electrons. The Morgan fingerprint density at radius 3 is 2.05 bits per heavy atom. The van der Waals surface area contributed by atoms with E-state index in [1.807, 2.05) is 6.07 Å². The summed E-state index contributed by atoms with van der Waals surface area (Å²) in [5.41, 5.74) is 1.02. The molecule has 0 aromatic heterocycles. The highest BCUT2D eigenvalue weighted by Gasteiger charge is 2.11. The second kappa shape index (κ2) is 5.42. The quantitative estimate of drug-likeness (QED) is 0.886. The number of halogens is 1. The normalized spacial score (nSPS) is 11.0. The molecule has 0 unspecified atom stereocenters. The second-order valence-corrected chi connectivity index (χ2v) is 6.35. The zero-order valence-electron chi connectivity index (χ0n) is 9.71. The van der Waals surface area contributed by atoms with Crippen LogP contribution in [0.15, 0.2) is 59.5 Å². The molecule has 0 saturated carbocycles. The largest absolute Gasteiger partial charge is 0.322 e. The number of amides is 1. The van der Waals surface area contributed by atoms with Crippen LogP contribution in [0.2, 0.25) is 0 Å². The molecular formula is C13H10ClNO3S. The fourth-order valence-electron chi connectivity index (χ4n) is 1.49. The first-order valence-corrected chi connectivity index (χ1v) is 7.69. The van der Waals surface area contributed by atoms with Crippen molar-refractivity contribution < 1.29 is 13.2 Å². The Morgan fingerprint density at radius 1 is 0.947 bits per heavy atom. The van der Waals surface area contributed by atoms with E-state index in [1.165, 1.54) is 24.3 Å². The topological polar surface area (TPSA) is 63.2 Å². The SMILES string of the molecule is O=C(Nc1ccccc1)c1ccc(S(=O)(=O)Cl)cc1. The maximum absolute atomic E-state index is 11.9. The van der Waals surface area contributed by atoms with Gasteiger partial charge in [-0.2, -0.15) is 0 Å². The summed E-state index contributed by atoms with van der Waals surface area (Å²) in [5, 5.41) is 2.70. The van der Waals surface area contributed by atoms with Gasteiger partial charge in [0.15, 0.2) is 0 Å². The van der Waals surface area contributed by atoms with E-state index in [0.717, 1.165) is 0 Å². The zero-order chi connectivity index (χ0) is 13.9. The smallest absolute Gasteiger partial charge is 0.261 e. The summed E-state index contributed by atoms with van der Waals surface area (Å²) in [6.45, 7) is 0. The lowest BCUT2D eigenvalue weighted by molar-refractivity contribution is 0.102. The molecule has 6 heteroatoms. The van der Waals surface area contributed by atoms with Crippen LogP contribution in [-0.4, -0.2) is 14.3 Å². The predicted octanol–water partition coefficient (Wildman–Crippen LogP) is 2.87. The minimum Gasteiger partial charge on any atom is -0.322 e. The van der Waals surface area contributed by atoms with Gasteiger partial charge in [0.05, 0.1) is 4.90 Å². The molecule has 0 aliphatic carbocycles. The summed E-state index contributed by atoms with van der Waals surface area (Å²) in [6.07, 6.45) is 0. The van der Waals surface area contributed by atoms with Crippen molar-refractivity contribution in [1.29, 1.82) is 0 Å². The van der Waals surface area contributed by atoms with Crippen LogP contribution in [0.5, 0.6) is 0 Å². The van der Waals surface area contributed by atoms with Crippen molar-refractivity contribution >= 4 is 31.3 Å². The third kappa shape index (κ3) is 3.56. The van der Waals surface area contributed by atoms with Crippen LogP contribution < -0.4 is 5.32 Å². The van der Waals surface area contributed by atoms with Crippen LogP contribution >= 0.6 is 10.7 Å². The Labute approximate surface area is 115 Å². The lowest BCUT2D eigenvalue weighted by atomic mass is 10.2. The first-order valence-electron chi connectivity index (χ1n) is 5.38. The van der Waals surface area contributed by atoms with E-state index in [-0.39, 0.29) is 10.8 Å². The molecule has 0 fully saturated rings. The van der Waals surface area contributed by atoms with Crippen molar-refractivity contribution in [2.24, 2.45) is 0 Å². The maximum Gasteiger partial charge on any atom is 0.261 e. The minimum atomic E-state index is -3.76. The lowest BCUT2D eigenvalue weighted by Crippen LogP contribution is -2.11. The standard InChI is InChI=1S/C13H10ClNO3S/c14-19(17,18)12-8-6-10(7-9-12)13(16)15-11-4-2-1-3-5-11/h1-9H,(H,15,16). The number of carbonyl (C=O) groups is 1. The monoisotopic (exact) mass is 295 g/mol. The molecule has 0 spiro atoms. The number of hydrogen-bond acceptors (Lipinski definition) is 3. The second-order valence-electron chi connectivity index (χ2n) is 3.78. The molecule has 19 heavy (non-hydrogen) atoms. The zero-order valence-corrected chi connectivity index (χ0v) is 11.3. The molecule has 2 aromatic rings. The average molecular weight is 296 g/mol.